The lowest BCUT2D eigenvalue weighted by atomic mass is 10.0. The van der Waals surface area contributed by atoms with Gasteiger partial charge in [0.15, 0.2) is 0 Å². The third kappa shape index (κ3) is 5.16. The van der Waals surface area contributed by atoms with E-state index in [0.29, 0.717) is 31.3 Å². The van der Waals surface area contributed by atoms with Crippen molar-refractivity contribution in [2.75, 3.05) is 18.8 Å². The largest absolute Gasteiger partial charge is 0.489 e. The highest BCUT2D eigenvalue weighted by atomic mass is 35.5. The van der Waals surface area contributed by atoms with Crippen molar-refractivity contribution in [3.63, 3.8) is 0 Å². The van der Waals surface area contributed by atoms with Gasteiger partial charge in [-0.3, -0.25) is 4.79 Å². The Morgan fingerprint density at radius 2 is 1.94 bits per heavy atom. The Balaban J connectivity index is 1.40. The number of benzene rings is 3. The predicted molar refractivity (Wildman–Crippen MR) is 122 cm³/mol. The van der Waals surface area contributed by atoms with Crippen LogP contribution in [-0.2, 0) is 13.2 Å². The SMILES string of the molecule is Nc1nonc1C(=O)NCCNCc1c(OCc2cccc(Cl)c2)ccc2ccccc12. The fourth-order valence-corrected chi connectivity index (χ4v) is 3.55. The maximum absolute atomic E-state index is 12.0. The van der Waals surface area contributed by atoms with Crippen LogP contribution >= 0.6 is 11.6 Å². The maximum atomic E-state index is 12.0. The molecule has 0 spiro atoms. The minimum absolute atomic E-state index is 0.0178. The van der Waals surface area contributed by atoms with Crippen LogP contribution in [-0.4, -0.2) is 29.3 Å². The lowest BCUT2D eigenvalue weighted by Crippen LogP contribution is -2.32. The van der Waals surface area contributed by atoms with E-state index in [1.165, 1.54) is 0 Å². The van der Waals surface area contributed by atoms with Crippen molar-refractivity contribution < 1.29 is 14.2 Å². The van der Waals surface area contributed by atoms with Gasteiger partial charge in [-0.05, 0) is 44.8 Å². The monoisotopic (exact) mass is 451 g/mol. The van der Waals surface area contributed by atoms with Gasteiger partial charge in [0.1, 0.15) is 12.4 Å². The molecule has 32 heavy (non-hydrogen) atoms. The highest BCUT2D eigenvalue weighted by Gasteiger charge is 2.15. The molecule has 0 radical (unpaired) electrons. The Bertz CT molecular complexity index is 1230. The van der Waals surface area contributed by atoms with Gasteiger partial charge in [0.2, 0.25) is 11.5 Å². The van der Waals surface area contributed by atoms with E-state index in [1.54, 1.807) is 0 Å². The van der Waals surface area contributed by atoms with Crippen molar-refractivity contribution in [2.45, 2.75) is 13.2 Å². The topological polar surface area (TPSA) is 115 Å². The van der Waals surface area contributed by atoms with Crippen LogP contribution in [0.4, 0.5) is 5.82 Å². The van der Waals surface area contributed by atoms with Crippen molar-refractivity contribution in [3.8, 4) is 5.75 Å². The van der Waals surface area contributed by atoms with E-state index in [9.17, 15) is 4.79 Å². The number of hydrogen-bond acceptors (Lipinski definition) is 7. The molecule has 1 heterocycles. The Hall–Kier alpha value is -3.62. The molecule has 4 rings (SSSR count). The van der Waals surface area contributed by atoms with E-state index < -0.39 is 5.91 Å². The number of nitrogens with zero attached hydrogens (tertiary/aromatic N) is 2. The first-order chi connectivity index (χ1) is 15.6. The number of anilines is 1. The van der Waals surface area contributed by atoms with Gasteiger partial charge in [-0.25, -0.2) is 4.63 Å². The van der Waals surface area contributed by atoms with E-state index >= 15 is 0 Å². The molecule has 0 unspecified atom stereocenters. The fourth-order valence-electron chi connectivity index (χ4n) is 3.34. The molecule has 3 aromatic carbocycles. The van der Waals surface area contributed by atoms with E-state index in [1.807, 2.05) is 48.5 Å². The highest BCUT2D eigenvalue weighted by molar-refractivity contribution is 6.30. The predicted octanol–water partition coefficient (Wildman–Crippen LogP) is 3.56. The van der Waals surface area contributed by atoms with Gasteiger partial charge in [-0.2, -0.15) is 0 Å². The number of nitrogen functional groups attached to an aromatic ring is 1. The van der Waals surface area contributed by atoms with Crippen molar-refractivity contribution in [1.29, 1.82) is 0 Å². The zero-order valence-electron chi connectivity index (χ0n) is 17.2. The third-order valence-corrected chi connectivity index (χ3v) is 5.13. The Labute approximate surface area is 189 Å². The molecule has 1 amide bonds. The van der Waals surface area contributed by atoms with Gasteiger partial charge in [0, 0.05) is 30.2 Å². The number of carbonyl (C=O) groups is 1. The van der Waals surface area contributed by atoms with Crippen molar-refractivity contribution in [1.82, 2.24) is 20.9 Å². The number of rotatable bonds is 9. The summed E-state index contributed by atoms with van der Waals surface area (Å²) in [5, 5.41) is 15.9. The van der Waals surface area contributed by atoms with Gasteiger partial charge < -0.3 is 21.1 Å². The minimum atomic E-state index is -0.429. The molecular weight excluding hydrogens is 430 g/mol. The van der Waals surface area contributed by atoms with Crippen molar-refractivity contribution in [2.24, 2.45) is 0 Å². The first-order valence-electron chi connectivity index (χ1n) is 10.1. The molecule has 0 fully saturated rings. The number of fused-ring (bicyclic) bond motifs is 1. The number of amides is 1. The summed E-state index contributed by atoms with van der Waals surface area (Å²) in [5.74, 6) is 0.329. The number of hydrogen-bond donors (Lipinski definition) is 3. The summed E-state index contributed by atoms with van der Waals surface area (Å²) in [4.78, 5) is 12.0. The molecule has 4 aromatic rings. The van der Waals surface area contributed by atoms with Crippen LogP contribution in [0.25, 0.3) is 10.8 Å². The summed E-state index contributed by atoms with van der Waals surface area (Å²) >= 11 is 6.08. The lowest BCUT2D eigenvalue weighted by molar-refractivity contribution is 0.0944. The number of aromatic nitrogens is 2. The fraction of sp³-hybridized carbons (Fsp3) is 0.174. The average Bonchev–Trinajstić information content (AvgIpc) is 3.23. The quantitative estimate of drug-likeness (QED) is 0.333. The standard InChI is InChI=1S/C23H22ClN5O3/c24-17-6-3-4-15(12-17)14-31-20-9-8-16-5-1-2-7-18(16)19(20)13-26-10-11-27-23(30)21-22(25)29-32-28-21/h1-9,12,26H,10-11,13-14H2,(H2,25,29)(H,27,30). The van der Waals surface area contributed by atoms with Crippen LogP contribution in [0.1, 0.15) is 21.6 Å². The van der Waals surface area contributed by atoms with Gasteiger partial charge in [0.25, 0.3) is 5.91 Å². The summed E-state index contributed by atoms with van der Waals surface area (Å²) < 4.78 is 10.6. The minimum Gasteiger partial charge on any atom is -0.489 e. The van der Waals surface area contributed by atoms with Gasteiger partial charge in [0.05, 0.1) is 0 Å². The second-order valence-electron chi connectivity index (χ2n) is 7.11. The number of halogens is 1. The summed E-state index contributed by atoms with van der Waals surface area (Å²) in [5.41, 5.74) is 7.55. The Morgan fingerprint density at radius 1 is 1.06 bits per heavy atom. The van der Waals surface area contributed by atoms with Gasteiger partial charge in [-0.1, -0.05) is 54.1 Å². The maximum Gasteiger partial charge on any atom is 0.277 e. The molecule has 0 saturated heterocycles. The zero-order chi connectivity index (χ0) is 22.3. The van der Waals surface area contributed by atoms with Crippen LogP contribution in [0.15, 0.2) is 65.3 Å². The molecule has 9 heteroatoms. The number of carbonyl (C=O) groups excluding carboxylic acids is 1. The number of nitrogens with one attached hydrogen (secondary N) is 2. The second kappa shape index (κ2) is 10.1. The molecule has 4 N–H and O–H groups in total. The summed E-state index contributed by atoms with van der Waals surface area (Å²) in [7, 11) is 0. The van der Waals surface area contributed by atoms with E-state index in [-0.39, 0.29) is 11.5 Å². The van der Waals surface area contributed by atoms with Crippen molar-refractivity contribution in [3.05, 3.63) is 82.5 Å². The zero-order valence-corrected chi connectivity index (χ0v) is 17.9. The third-order valence-electron chi connectivity index (χ3n) is 4.90. The molecule has 8 nitrogen and oxygen atoms in total. The summed E-state index contributed by atoms with van der Waals surface area (Å²) in [6.45, 7) is 1.90. The van der Waals surface area contributed by atoms with Crippen LogP contribution in [0.3, 0.4) is 0 Å². The molecule has 0 bridgehead atoms. The van der Waals surface area contributed by atoms with Crippen LogP contribution in [0.5, 0.6) is 5.75 Å². The van der Waals surface area contributed by atoms with E-state index in [0.717, 1.165) is 27.6 Å². The molecule has 164 valence electrons. The Kier molecular flexibility index (Phi) is 6.84. The molecule has 0 atom stereocenters. The molecular formula is C23H22ClN5O3. The smallest absolute Gasteiger partial charge is 0.277 e. The van der Waals surface area contributed by atoms with Gasteiger partial charge >= 0.3 is 0 Å². The van der Waals surface area contributed by atoms with Crippen LogP contribution < -0.4 is 21.1 Å². The summed E-state index contributed by atoms with van der Waals surface area (Å²) in [6, 6.07) is 19.8. The van der Waals surface area contributed by atoms with Crippen LogP contribution in [0.2, 0.25) is 5.02 Å². The highest BCUT2D eigenvalue weighted by Crippen LogP contribution is 2.29. The molecule has 0 aliphatic heterocycles. The molecule has 1 aromatic heterocycles. The van der Waals surface area contributed by atoms with E-state index in [4.69, 9.17) is 22.1 Å². The summed E-state index contributed by atoms with van der Waals surface area (Å²) in [6.07, 6.45) is 0. The number of nitrogens with two attached hydrogens (primary N) is 1. The Morgan fingerprint density at radius 3 is 2.75 bits per heavy atom. The lowest BCUT2D eigenvalue weighted by Gasteiger charge is -2.15. The number of ether oxygens (including phenoxy) is 1. The van der Waals surface area contributed by atoms with Gasteiger partial charge in [-0.15, -0.1) is 0 Å². The van der Waals surface area contributed by atoms with E-state index in [2.05, 4.69) is 37.7 Å². The normalized spacial score (nSPS) is 10.9. The average molecular weight is 452 g/mol. The first kappa shape index (κ1) is 21.6. The van der Waals surface area contributed by atoms with Crippen LogP contribution in [0, 0.1) is 0 Å². The molecule has 0 aliphatic rings. The van der Waals surface area contributed by atoms with Crippen molar-refractivity contribution >= 4 is 34.1 Å². The molecule has 0 saturated carbocycles. The second-order valence-corrected chi connectivity index (χ2v) is 7.55. The molecule has 0 aliphatic carbocycles. The first-order valence-corrected chi connectivity index (χ1v) is 10.4.